The molecule has 2 unspecified atom stereocenters. The van der Waals surface area contributed by atoms with Crippen LogP contribution >= 0.6 is 0 Å². The molecule has 2 rings (SSSR count). The molecule has 1 heterocycles. The van der Waals surface area contributed by atoms with Crippen LogP contribution in [0.15, 0.2) is 24.3 Å². The topological polar surface area (TPSA) is 35.2 Å². The van der Waals surface area contributed by atoms with E-state index < -0.39 is 0 Å². The number of aryl methyl sites for hydroxylation is 2. The van der Waals surface area contributed by atoms with Crippen LogP contribution in [-0.4, -0.2) is 19.3 Å². The van der Waals surface area contributed by atoms with Crippen molar-refractivity contribution in [2.75, 3.05) is 13.2 Å². The fourth-order valence-corrected chi connectivity index (χ4v) is 2.21. The lowest BCUT2D eigenvalue weighted by Crippen LogP contribution is -2.30. The first-order valence-corrected chi connectivity index (χ1v) is 6.14. The highest BCUT2D eigenvalue weighted by Crippen LogP contribution is 2.18. The summed E-state index contributed by atoms with van der Waals surface area (Å²) in [6.07, 6.45) is 3.28. The number of rotatable bonds is 4. The molecule has 0 amide bonds. The average Bonchev–Trinajstić information content (AvgIpc) is 2.81. The molecular weight excluding hydrogens is 198 g/mol. The van der Waals surface area contributed by atoms with E-state index in [1.807, 2.05) is 0 Å². The molecule has 88 valence electrons. The molecule has 0 aromatic heterocycles. The van der Waals surface area contributed by atoms with E-state index in [2.05, 4.69) is 31.2 Å². The highest BCUT2D eigenvalue weighted by molar-refractivity contribution is 5.21. The zero-order chi connectivity index (χ0) is 11.4. The van der Waals surface area contributed by atoms with Gasteiger partial charge in [-0.2, -0.15) is 0 Å². The average molecular weight is 219 g/mol. The maximum Gasteiger partial charge on any atom is 0.0509 e. The van der Waals surface area contributed by atoms with Crippen molar-refractivity contribution in [1.29, 1.82) is 0 Å². The van der Waals surface area contributed by atoms with Crippen LogP contribution in [0.4, 0.5) is 0 Å². The number of ether oxygens (including phenoxy) is 1. The van der Waals surface area contributed by atoms with Crippen LogP contribution in [0.2, 0.25) is 0 Å². The Balaban J connectivity index is 1.80. The second kappa shape index (κ2) is 5.46. The third-order valence-electron chi connectivity index (χ3n) is 3.46. The number of nitrogens with two attached hydrogens (primary N) is 1. The van der Waals surface area contributed by atoms with Crippen LogP contribution in [0.5, 0.6) is 0 Å². The Labute approximate surface area is 97.8 Å². The van der Waals surface area contributed by atoms with Gasteiger partial charge in [-0.1, -0.05) is 29.8 Å². The fraction of sp³-hybridized carbons (Fsp3) is 0.571. The van der Waals surface area contributed by atoms with Gasteiger partial charge in [0.1, 0.15) is 0 Å². The SMILES string of the molecule is Cc1ccc(CCC(N)C2CCOC2)cc1. The first-order valence-electron chi connectivity index (χ1n) is 6.14. The molecule has 2 N–H and O–H groups in total. The van der Waals surface area contributed by atoms with Crippen molar-refractivity contribution in [3.8, 4) is 0 Å². The van der Waals surface area contributed by atoms with Crippen LogP contribution in [0, 0.1) is 12.8 Å². The lowest BCUT2D eigenvalue weighted by Gasteiger charge is -2.17. The lowest BCUT2D eigenvalue weighted by molar-refractivity contribution is 0.180. The molecule has 0 aliphatic carbocycles. The smallest absolute Gasteiger partial charge is 0.0509 e. The number of benzene rings is 1. The Hall–Kier alpha value is -0.860. The maximum atomic E-state index is 6.18. The Morgan fingerprint density at radius 1 is 1.38 bits per heavy atom. The Bertz CT molecular complexity index is 314. The number of hydrogen-bond acceptors (Lipinski definition) is 2. The molecular formula is C14H21NO. The molecule has 1 saturated heterocycles. The van der Waals surface area contributed by atoms with Crippen LogP contribution in [-0.2, 0) is 11.2 Å². The second-order valence-electron chi connectivity index (χ2n) is 4.81. The van der Waals surface area contributed by atoms with E-state index >= 15 is 0 Å². The monoisotopic (exact) mass is 219 g/mol. The van der Waals surface area contributed by atoms with Gasteiger partial charge in [0, 0.05) is 12.6 Å². The predicted octanol–water partition coefficient (Wildman–Crippen LogP) is 2.29. The van der Waals surface area contributed by atoms with Gasteiger partial charge in [0.15, 0.2) is 0 Å². The molecule has 2 nitrogen and oxygen atoms in total. The van der Waals surface area contributed by atoms with Crippen molar-refractivity contribution in [3.05, 3.63) is 35.4 Å². The van der Waals surface area contributed by atoms with E-state index in [9.17, 15) is 0 Å². The van der Waals surface area contributed by atoms with Crippen molar-refractivity contribution in [3.63, 3.8) is 0 Å². The van der Waals surface area contributed by atoms with Crippen LogP contribution < -0.4 is 5.73 Å². The molecule has 1 aliphatic heterocycles. The maximum absolute atomic E-state index is 6.18. The van der Waals surface area contributed by atoms with Gasteiger partial charge in [-0.3, -0.25) is 0 Å². The summed E-state index contributed by atoms with van der Waals surface area (Å²) in [6, 6.07) is 9.03. The summed E-state index contributed by atoms with van der Waals surface area (Å²) in [5.41, 5.74) is 8.88. The molecule has 0 spiro atoms. The van der Waals surface area contributed by atoms with Gasteiger partial charge >= 0.3 is 0 Å². The molecule has 1 aromatic rings. The Morgan fingerprint density at radius 3 is 2.75 bits per heavy atom. The summed E-state index contributed by atoms with van der Waals surface area (Å²) in [4.78, 5) is 0. The Kier molecular flexibility index (Phi) is 3.97. The molecule has 1 aromatic carbocycles. The standard InChI is InChI=1S/C14H21NO/c1-11-2-4-12(5-3-11)6-7-14(15)13-8-9-16-10-13/h2-5,13-14H,6-10,15H2,1H3. The minimum Gasteiger partial charge on any atom is -0.381 e. The summed E-state index contributed by atoms with van der Waals surface area (Å²) < 4.78 is 5.37. The van der Waals surface area contributed by atoms with Gasteiger partial charge in [-0.25, -0.2) is 0 Å². The van der Waals surface area contributed by atoms with Gasteiger partial charge < -0.3 is 10.5 Å². The van der Waals surface area contributed by atoms with E-state index in [0.29, 0.717) is 12.0 Å². The summed E-state index contributed by atoms with van der Waals surface area (Å²) >= 11 is 0. The van der Waals surface area contributed by atoms with E-state index in [-0.39, 0.29) is 0 Å². The third kappa shape index (κ3) is 3.06. The molecule has 2 atom stereocenters. The molecule has 1 aliphatic rings. The first-order chi connectivity index (χ1) is 7.75. The summed E-state index contributed by atoms with van der Waals surface area (Å²) in [7, 11) is 0. The van der Waals surface area contributed by atoms with Crippen molar-refractivity contribution in [2.24, 2.45) is 11.7 Å². The third-order valence-corrected chi connectivity index (χ3v) is 3.46. The largest absolute Gasteiger partial charge is 0.381 e. The summed E-state index contributed by atoms with van der Waals surface area (Å²) in [5, 5.41) is 0. The van der Waals surface area contributed by atoms with Gasteiger partial charge in [0.05, 0.1) is 6.61 Å². The minimum absolute atomic E-state index is 0.295. The number of hydrogen-bond donors (Lipinski definition) is 1. The van der Waals surface area contributed by atoms with Gasteiger partial charge in [0.25, 0.3) is 0 Å². The predicted molar refractivity (Wildman–Crippen MR) is 66.4 cm³/mol. The molecule has 16 heavy (non-hydrogen) atoms. The first kappa shape index (κ1) is 11.6. The van der Waals surface area contributed by atoms with Crippen LogP contribution in [0.3, 0.4) is 0 Å². The van der Waals surface area contributed by atoms with E-state index in [4.69, 9.17) is 10.5 Å². The van der Waals surface area contributed by atoms with Crippen molar-refractivity contribution in [2.45, 2.75) is 32.2 Å². The summed E-state index contributed by atoms with van der Waals surface area (Å²) in [5.74, 6) is 0.574. The van der Waals surface area contributed by atoms with Crippen LogP contribution in [0.1, 0.15) is 24.0 Å². The van der Waals surface area contributed by atoms with Crippen molar-refractivity contribution in [1.82, 2.24) is 0 Å². The highest BCUT2D eigenvalue weighted by Gasteiger charge is 2.22. The molecule has 1 fully saturated rings. The second-order valence-corrected chi connectivity index (χ2v) is 4.81. The van der Waals surface area contributed by atoms with Crippen LogP contribution in [0.25, 0.3) is 0 Å². The van der Waals surface area contributed by atoms with Gasteiger partial charge in [0.2, 0.25) is 0 Å². The molecule has 0 bridgehead atoms. The van der Waals surface area contributed by atoms with E-state index in [1.54, 1.807) is 0 Å². The summed E-state index contributed by atoms with van der Waals surface area (Å²) in [6.45, 7) is 3.86. The molecule has 0 radical (unpaired) electrons. The van der Waals surface area contributed by atoms with Gasteiger partial charge in [-0.15, -0.1) is 0 Å². The minimum atomic E-state index is 0.295. The zero-order valence-electron chi connectivity index (χ0n) is 9.99. The van der Waals surface area contributed by atoms with Crippen molar-refractivity contribution >= 4 is 0 Å². The fourth-order valence-electron chi connectivity index (χ4n) is 2.21. The zero-order valence-corrected chi connectivity index (χ0v) is 9.99. The molecule has 2 heteroatoms. The Morgan fingerprint density at radius 2 is 2.12 bits per heavy atom. The highest BCUT2D eigenvalue weighted by atomic mass is 16.5. The van der Waals surface area contributed by atoms with E-state index in [1.165, 1.54) is 11.1 Å². The quantitative estimate of drug-likeness (QED) is 0.843. The van der Waals surface area contributed by atoms with Gasteiger partial charge in [-0.05, 0) is 37.7 Å². The molecule has 0 saturated carbocycles. The van der Waals surface area contributed by atoms with E-state index in [0.717, 1.165) is 32.5 Å². The lowest BCUT2D eigenvalue weighted by atomic mass is 9.94. The normalized spacial score (nSPS) is 22.2. The van der Waals surface area contributed by atoms with Crippen molar-refractivity contribution < 1.29 is 4.74 Å².